The molecular formula is C19H16N2O2S. The number of benzene rings is 2. The van der Waals surface area contributed by atoms with E-state index in [0.717, 1.165) is 15.8 Å². The molecule has 0 aliphatic heterocycles. The molecule has 120 valence electrons. The van der Waals surface area contributed by atoms with Crippen molar-refractivity contribution in [2.45, 2.75) is 18.7 Å². The monoisotopic (exact) mass is 336 g/mol. The Morgan fingerprint density at radius 2 is 1.96 bits per heavy atom. The molecule has 0 radical (unpaired) electrons. The number of hydrogen-bond acceptors (Lipinski definition) is 4. The van der Waals surface area contributed by atoms with Crippen LogP contribution < -0.4 is 5.32 Å². The lowest BCUT2D eigenvalue weighted by molar-refractivity contribution is -0.113. The first kappa shape index (κ1) is 16.2. The van der Waals surface area contributed by atoms with Crippen LogP contribution in [0.3, 0.4) is 0 Å². The van der Waals surface area contributed by atoms with E-state index in [-0.39, 0.29) is 17.5 Å². The number of anilines is 1. The molecule has 0 atom stereocenters. The Labute approximate surface area is 144 Å². The number of fused-ring (bicyclic) bond motifs is 1. The Morgan fingerprint density at radius 1 is 1.21 bits per heavy atom. The summed E-state index contributed by atoms with van der Waals surface area (Å²) in [6.45, 7) is 3.58. The molecule has 0 bridgehead atoms. The summed E-state index contributed by atoms with van der Waals surface area (Å²) < 4.78 is 5.45. The molecule has 1 heterocycles. The minimum absolute atomic E-state index is 0.196. The normalized spacial score (nSPS) is 10.5. The molecule has 1 amide bonds. The van der Waals surface area contributed by atoms with Crippen LogP contribution in [0.4, 0.5) is 5.88 Å². The second-order valence-corrected chi connectivity index (χ2v) is 6.49. The van der Waals surface area contributed by atoms with Gasteiger partial charge in [0.25, 0.3) is 0 Å². The molecule has 0 unspecified atom stereocenters. The molecule has 5 heteroatoms. The number of nitrogens with zero attached hydrogens (tertiary/aromatic N) is 1. The molecule has 1 N–H and O–H groups in total. The molecule has 0 aliphatic carbocycles. The van der Waals surface area contributed by atoms with Crippen molar-refractivity contribution in [3.63, 3.8) is 0 Å². The summed E-state index contributed by atoms with van der Waals surface area (Å²) in [7, 11) is 0. The zero-order chi connectivity index (χ0) is 17.1. The number of aryl methyl sites for hydroxylation is 1. The van der Waals surface area contributed by atoms with Crippen LogP contribution in [0.25, 0.3) is 10.8 Å². The Hall–Kier alpha value is -2.71. The van der Waals surface area contributed by atoms with Gasteiger partial charge in [-0.25, -0.2) is 0 Å². The quantitative estimate of drug-likeness (QED) is 0.704. The van der Waals surface area contributed by atoms with Gasteiger partial charge < -0.3 is 4.42 Å². The van der Waals surface area contributed by atoms with Crippen molar-refractivity contribution in [3.05, 3.63) is 59.4 Å². The number of rotatable bonds is 4. The van der Waals surface area contributed by atoms with Gasteiger partial charge in [0.05, 0.1) is 5.75 Å². The fraction of sp³-hybridized carbons (Fsp3) is 0.158. The zero-order valence-electron chi connectivity index (χ0n) is 13.4. The maximum atomic E-state index is 12.1. The average Bonchev–Trinajstić information content (AvgIpc) is 2.86. The van der Waals surface area contributed by atoms with Gasteiger partial charge in [-0.15, -0.1) is 11.8 Å². The van der Waals surface area contributed by atoms with E-state index in [1.807, 2.05) is 30.3 Å². The summed E-state index contributed by atoms with van der Waals surface area (Å²) in [4.78, 5) is 13.2. The van der Waals surface area contributed by atoms with Crippen molar-refractivity contribution in [1.29, 1.82) is 5.26 Å². The minimum Gasteiger partial charge on any atom is -0.444 e. The van der Waals surface area contributed by atoms with Crippen LogP contribution in [-0.4, -0.2) is 11.7 Å². The molecule has 2 aromatic carbocycles. The van der Waals surface area contributed by atoms with Gasteiger partial charge in [-0.3, -0.25) is 10.1 Å². The predicted octanol–water partition coefficient (Wildman–Crippen LogP) is 4.65. The molecule has 3 aromatic rings. The van der Waals surface area contributed by atoms with Gasteiger partial charge in [-0.2, -0.15) is 5.26 Å². The van der Waals surface area contributed by atoms with Crippen LogP contribution >= 0.6 is 11.8 Å². The van der Waals surface area contributed by atoms with Crippen molar-refractivity contribution in [1.82, 2.24) is 0 Å². The molecule has 0 saturated heterocycles. The summed E-state index contributed by atoms with van der Waals surface area (Å²) in [5.74, 6) is 0.932. The summed E-state index contributed by atoms with van der Waals surface area (Å²) in [6, 6.07) is 16.3. The van der Waals surface area contributed by atoms with E-state index >= 15 is 0 Å². The summed E-state index contributed by atoms with van der Waals surface area (Å²) >= 11 is 1.45. The fourth-order valence-corrected chi connectivity index (χ4v) is 3.16. The lowest BCUT2D eigenvalue weighted by Gasteiger charge is -2.04. The second kappa shape index (κ2) is 6.81. The summed E-state index contributed by atoms with van der Waals surface area (Å²) in [6.07, 6.45) is 0. The van der Waals surface area contributed by atoms with E-state index in [0.29, 0.717) is 11.3 Å². The van der Waals surface area contributed by atoms with E-state index < -0.39 is 0 Å². The fourth-order valence-electron chi connectivity index (χ4n) is 2.42. The van der Waals surface area contributed by atoms with Gasteiger partial charge in [-0.05, 0) is 36.8 Å². The topological polar surface area (TPSA) is 66.0 Å². The Balaban J connectivity index is 1.67. The first-order valence-electron chi connectivity index (χ1n) is 7.50. The standard InChI is InChI=1S/C19H16N2O2S/c1-12-13(2)23-19(17(12)10-20)21-18(22)11-24-16-8-7-14-5-3-4-6-15(14)9-16/h3-9H,11H2,1-2H3,(H,21,22). The van der Waals surface area contributed by atoms with E-state index in [1.54, 1.807) is 13.8 Å². The van der Waals surface area contributed by atoms with E-state index in [2.05, 4.69) is 23.5 Å². The summed E-state index contributed by atoms with van der Waals surface area (Å²) in [5, 5.41) is 14.2. The molecule has 4 nitrogen and oxygen atoms in total. The minimum atomic E-state index is -0.196. The molecule has 0 fully saturated rings. The van der Waals surface area contributed by atoms with Crippen LogP contribution in [0.15, 0.2) is 51.8 Å². The number of carbonyl (C=O) groups is 1. The van der Waals surface area contributed by atoms with Gasteiger partial charge in [0.15, 0.2) is 0 Å². The first-order valence-corrected chi connectivity index (χ1v) is 8.48. The van der Waals surface area contributed by atoms with Crippen molar-refractivity contribution in [2.24, 2.45) is 0 Å². The smallest absolute Gasteiger partial charge is 0.237 e. The third kappa shape index (κ3) is 3.29. The largest absolute Gasteiger partial charge is 0.444 e. The molecule has 0 spiro atoms. The highest BCUT2D eigenvalue weighted by molar-refractivity contribution is 8.00. The maximum absolute atomic E-state index is 12.1. The number of amides is 1. The van der Waals surface area contributed by atoms with Gasteiger partial charge in [0.1, 0.15) is 17.4 Å². The number of thioether (sulfide) groups is 1. The Morgan fingerprint density at radius 3 is 2.71 bits per heavy atom. The van der Waals surface area contributed by atoms with Gasteiger partial charge in [0, 0.05) is 10.5 Å². The predicted molar refractivity (Wildman–Crippen MR) is 96.2 cm³/mol. The molecule has 0 saturated carbocycles. The third-order valence-corrected chi connectivity index (χ3v) is 4.83. The number of furan rings is 1. The van der Waals surface area contributed by atoms with Crippen molar-refractivity contribution in [2.75, 3.05) is 11.1 Å². The SMILES string of the molecule is Cc1oc(NC(=O)CSc2ccc3ccccc3c2)c(C#N)c1C. The first-order chi connectivity index (χ1) is 11.6. The van der Waals surface area contributed by atoms with Crippen LogP contribution in [0, 0.1) is 25.2 Å². The highest BCUT2D eigenvalue weighted by atomic mass is 32.2. The molecule has 3 rings (SSSR count). The number of nitriles is 1. The third-order valence-electron chi connectivity index (χ3n) is 3.84. The van der Waals surface area contributed by atoms with E-state index in [4.69, 9.17) is 9.68 Å². The highest BCUT2D eigenvalue weighted by Gasteiger charge is 2.16. The van der Waals surface area contributed by atoms with Crippen molar-refractivity contribution < 1.29 is 9.21 Å². The number of hydrogen-bond donors (Lipinski definition) is 1. The average molecular weight is 336 g/mol. The number of carbonyl (C=O) groups excluding carboxylic acids is 1. The van der Waals surface area contributed by atoms with Gasteiger partial charge in [-0.1, -0.05) is 30.3 Å². The van der Waals surface area contributed by atoms with Crippen LogP contribution in [0.5, 0.6) is 0 Å². The van der Waals surface area contributed by atoms with Gasteiger partial charge >= 0.3 is 0 Å². The van der Waals surface area contributed by atoms with Crippen LogP contribution in [-0.2, 0) is 4.79 Å². The lowest BCUT2D eigenvalue weighted by Crippen LogP contribution is -2.14. The number of nitrogens with one attached hydrogen (secondary N) is 1. The second-order valence-electron chi connectivity index (χ2n) is 5.44. The highest BCUT2D eigenvalue weighted by Crippen LogP contribution is 2.27. The summed E-state index contributed by atoms with van der Waals surface area (Å²) in [5.41, 5.74) is 1.14. The molecular weight excluding hydrogens is 320 g/mol. The van der Waals surface area contributed by atoms with Crippen molar-refractivity contribution >= 4 is 34.3 Å². The molecule has 0 aliphatic rings. The van der Waals surface area contributed by atoms with Crippen LogP contribution in [0.1, 0.15) is 16.9 Å². The van der Waals surface area contributed by atoms with E-state index in [9.17, 15) is 4.79 Å². The maximum Gasteiger partial charge on any atom is 0.237 e. The molecule has 1 aromatic heterocycles. The lowest BCUT2D eigenvalue weighted by atomic mass is 10.1. The van der Waals surface area contributed by atoms with Crippen molar-refractivity contribution in [3.8, 4) is 6.07 Å². The van der Waals surface area contributed by atoms with E-state index in [1.165, 1.54) is 17.1 Å². The Kier molecular flexibility index (Phi) is 4.59. The Bertz CT molecular complexity index is 954. The van der Waals surface area contributed by atoms with Gasteiger partial charge in [0.2, 0.25) is 11.8 Å². The molecule has 24 heavy (non-hydrogen) atoms. The zero-order valence-corrected chi connectivity index (χ0v) is 14.2. The van der Waals surface area contributed by atoms with Crippen LogP contribution in [0.2, 0.25) is 0 Å².